The van der Waals surface area contributed by atoms with E-state index in [0.717, 1.165) is 0 Å². The maximum absolute atomic E-state index is 2.39. The van der Waals surface area contributed by atoms with E-state index < -0.39 is 0 Å². The zero-order chi connectivity index (χ0) is 40.0. The molecule has 0 radical (unpaired) electrons. The van der Waals surface area contributed by atoms with Crippen molar-refractivity contribution in [1.29, 1.82) is 0 Å². The Kier molecular flexibility index (Phi) is 7.72. The molecule has 0 aliphatic heterocycles. The molecular formula is C60H36Se. The number of fused-ring (bicyclic) bond motifs is 9. The number of benzene rings is 12. The Morgan fingerprint density at radius 3 is 1.08 bits per heavy atom. The molecule has 1 heterocycles. The number of hydrogen-bond donors (Lipinski definition) is 0. The first kappa shape index (κ1) is 34.6. The summed E-state index contributed by atoms with van der Waals surface area (Å²) in [6, 6.07) is 81.7. The summed E-state index contributed by atoms with van der Waals surface area (Å²) in [5.74, 6) is 0. The third-order valence-electron chi connectivity index (χ3n) is 13.0. The molecule has 1 heteroatoms. The van der Waals surface area contributed by atoms with Crippen LogP contribution < -0.4 is 0 Å². The fourth-order valence-electron chi connectivity index (χ4n) is 10.4. The quantitative estimate of drug-likeness (QED) is 0.122. The van der Waals surface area contributed by atoms with Gasteiger partial charge in [0.05, 0.1) is 0 Å². The molecule has 0 bridgehead atoms. The van der Waals surface area contributed by atoms with E-state index in [9.17, 15) is 0 Å². The van der Waals surface area contributed by atoms with Crippen molar-refractivity contribution in [3.8, 4) is 44.5 Å². The molecule has 0 saturated carbocycles. The van der Waals surface area contributed by atoms with Gasteiger partial charge < -0.3 is 0 Å². The van der Waals surface area contributed by atoms with Crippen LogP contribution in [0.25, 0.3) is 128 Å². The van der Waals surface area contributed by atoms with Gasteiger partial charge in [-0.1, -0.05) is 6.07 Å². The molecule has 0 fully saturated rings. The van der Waals surface area contributed by atoms with Gasteiger partial charge in [-0.3, -0.25) is 0 Å². The average molecular weight is 836 g/mol. The van der Waals surface area contributed by atoms with Crippen molar-refractivity contribution >= 4 is 98.4 Å². The molecule has 0 unspecified atom stereocenters. The first-order chi connectivity index (χ1) is 30.3. The molecule has 0 atom stereocenters. The molecule has 13 aromatic rings. The van der Waals surface area contributed by atoms with Crippen molar-refractivity contribution in [3.05, 3.63) is 218 Å². The summed E-state index contributed by atoms with van der Waals surface area (Å²) in [5, 5.41) is 18.1. The Morgan fingerprint density at radius 2 is 0.607 bits per heavy atom. The molecule has 0 spiro atoms. The predicted octanol–water partition coefficient (Wildman–Crippen LogP) is 16.6. The van der Waals surface area contributed by atoms with E-state index in [1.54, 1.807) is 0 Å². The van der Waals surface area contributed by atoms with Crippen molar-refractivity contribution in [1.82, 2.24) is 0 Å². The van der Waals surface area contributed by atoms with Gasteiger partial charge in [-0.05, 0) is 0 Å². The standard InChI is InChI=1S/C60H36Se/c1-3-17-39-35-41(33-31-37(39)15-1)55-43-19-5-9-23-47(43)57(48-24-10-6-20-44(48)55)51-27-14-30-54-59(51)53-29-13-28-52(60(53)61-54)58-49-25-11-7-21-45(49)56(46-22-8-12-26-50(46)58)42-34-32-38-16-2-4-18-40(38)36-42/h1-36H. The van der Waals surface area contributed by atoms with Crippen molar-refractivity contribution in [3.63, 3.8) is 0 Å². The molecule has 0 amide bonds. The second-order valence-corrected chi connectivity index (χ2v) is 18.5. The SMILES string of the molecule is c1ccc2cc(-c3c4ccccc4c(-c4cccc5c4[se]c4cccc(-c6c7ccccc7c(-c7ccc8ccccc8c7)c7ccccc67)c45)c4ccccc34)ccc2c1. The molecule has 0 saturated heterocycles. The summed E-state index contributed by atoms with van der Waals surface area (Å²) in [4.78, 5) is 0. The summed E-state index contributed by atoms with van der Waals surface area (Å²) in [5.41, 5.74) is 10.4. The van der Waals surface area contributed by atoms with Crippen LogP contribution in [0.5, 0.6) is 0 Å². The van der Waals surface area contributed by atoms with Crippen LogP contribution in [0, 0.1) is 0 Å². The van der Waals surface area contributed by atoms with Crippen LogP contribution in [0.15, 0.2) is 218 Å². The molecular weight excluding hydrogens is 800 g/mol. The molecule has 12 aromatic carbocycles. The van der Waals surface area contributed by atoms with E-state index in [4.69, 9.17) is 0 Å². The number of hydrogen-bond acceptors (Lipinski definition) is 0. The van der Waals surface area contributed by atoms with E-state index in [-0.39, 0.29) is 14.5 Å². The summed E-state index contributed by atoms with van der Waals surface area (Å²) >= 11 is 0.104. The van der Waals surface area contributed by atoms with Gasteiger partial charge >= 0.3 is 355 Å². The third-order valence-corrected chi connectivity index (χ3v) is 15.5. The van der Waals surface area contributed by atoms with Gasteiger partial charge in [0, 0.05) is 0 Å². The van der Waals surface area contributed by atoms with Gasteiger partial charge in [0.25, 0.3) is 0 Å². The summed E-state index contributed by atoms with van der Waals surface area (Å²) in [6.45, 7) is 0. The van der Waals surface area contributed by atoms with E-state index in [0.29, 0.717) is 0 Å². The van der Waals surface area contributed by atoms with Crippen molar-refractivity contribution < 1.29 is 0 Å². The molecule has 0 N–H and O–H groups in total. The normalized spacial score (nSPS) is 11.9. The Bertz CT molecular complexity index is 3830. The second-order valence-electron chi connectivity index (χ2n) is 16.3. The minimum absolute atomic E-state index is 0.104. The molecule has 1 aromatic heterocycles. The Morgan fingerprint density at radius 1 is 0.246 bits per heavy atom. The van der Waals surface area contributed by atoms with Crippen LogP contribution in [0.3, 0.4) is 0 Å². The average Bonchev–Trinajstić information content (AvgIpc) is 3.72. The van der Waals surface area contributed by atoms with Gasteiger partial charge in [-0.25, -0.2) is 0 Å². The predicted molar refractivity (Wildman–Crippen MR) is 265 cm³/mol. The molecule has 282 valence electrons. The zero-order valence-corrected chi connectivity index (χ0v) is 34.9. The zero-order valence-electron chi connectivity index (χ0n) is 33.2. The van der Waals surface area contributed by atoms with E-state index in [1.807, 2.05) is 0 Å². The third kappa shape index (κ3) is 5.25. The Balaban J connectivity index is 1.08. The van der Waals surface area contributed by atoms with Crippen molar-refractivity contribution in [2.75, 3.05) is 0 Å². The monoisotopic (exact) mass is 836 g/mol. The summed E-state index contributed by atoms with van der Waals surface area (Å²) < 4.78 is 2.91. The Hall–Kier alpha value is -7.28. The first-order valence-electron chi connectivity index (χ1n) is 21.1. The van der Waals surface area contributed by atoms with Crippen molar-refractivity contribution in [2.24, 2.45) is 0 Å². The van der Waals surface area contributed by atoms with Crippen LogP contribution in [-0.4, -0.2) is 14.5 Å². The van der Waals surface area contributed by atoms with Crippen LogP contribution in [0.2, 0.25) is 0 Å². The van der Waals surface area contributed by atoms with Crippen LogP contribution >= 0.6 is 0 Å². The minimum atomic E-state index is 0.104. The van der Waals surface area contributed by atoms with Gasteiger partial charge in [0.15, 0.2) is 0 Å². The van der Waals surface area contributed by atoms with Gasteiger partial charge in [0.1, 0.15) is 0 Å². The molecule has 0 nitrogen and oxygen atoms in total. The molecule has 0 aliphatic rings. The molecule has 61 heavy (non-hydrogen) atoms. The summed E-state index contributed by atoms with van der Waals surface area (Å²) in [7, 11) is 0. The first-order valence-corrected chi connectivity index (χ1v) is 22.8. The number of rotatable bonds is 4. The van der Waals surface area contributed by atoms with Gasteiger partial charge in [-0.2, -0.15) is 0 Å². The van der Waals surface area contributed by atoms with Crippen LogP contribution in [-0.2, 0) is 0 Å². The molecule has 0 aliphatic carbocycles. The van der Waals surface area contributed by atoms with Crippen molar-refractivity contribution in [2.45, 2.75) is 0 Å². The molecule has 13 rings (SSSR count). The van der Waals surface area contributed by atoms with E-state index in [1.165, 1.54) is 128 Å². The van der Waals surface area contributed by atoms with E-state index >= 15 is 0 Å². The maximum atomic E-state index is 2.39. The topological polar surface area (TPSA) is 0 Å². The Labute approximate surface area is 359 Å². The summed E-state index contributed by atoms with van der Waals surface area (Å²) in [6.07, 6.45) is 0. The fourth-order valence-corrected chi connectivity index (χ4v) is 13.0. The van der Waals surface area contributed by atoms with E-state index in [2.05, 4.69) is 218 Å². The van der Waals surface area contributed by atoms with Gasteiger partial charge in [0.2, 0.25) is 0 Å². The van der Waals surface area contributed by atoms with Crippen LogP contribution in [0.4, 0.5) is 0 Å². The van der Waals surface area contributed by atoms with Gasteiger partial charge in [-0.15, -0.1) is 0 Å². The second kappa shape index (κ2) is 13.6. The fraction of sp³-hybridized carbons (Fsp3) is 0. The van der Waals surface area contributed by atoms with Crippen LogP contribution in [0.1, 0.15) is 0 Å².